The number of hydrogen-bond donors (Lipinski definition) is 2. The molecule has 4 heteroatoms. The SMILES string of the molecule is CNC(CN1CCCC1(C)C)(C(=O)O)C1CC1. The van der Waals surface area contributed by atoms with Gasteiger partial charge in [0.25, 0.3) is 0 Å². The summed E-state index contributed by atoms with van der Waals surface area (Å²) in [7, 11) is 1.79. The molecule has 2 aliphatic rings. The molecule has 0 aromatic rings. The first-order chi connectivity index (χ1) is 7.92. The lowest BCUT2D eigenvalue weighted by atomic mass is 9.90. The highest BCUT2D eigenvalue weighted by atomic mass is 16.4. The van der Waals surface area contributed by atoms with Crippen molar-refractivity contribution in [3.63, 3.8) is 0 Å². The number of carboxylic acids is 1. The van der Waals surface area contributed by atoms with Crippen LogP contribution in [0.1, 0.15) is 39.5 Å². The summed E-state index contributed by atoms with van der Waals surface area (Å²) >= 11 is 0. The van der Waals surface area contributed by atoms with Gasteiger partial charge >= 0.3 is 5.97 Å². The third-order valence-corrected chi connectivity index (χ3v) is 4.61. The first-order valence-electron chi connectivity index (χ1n) is 6.60. The average Bonchev–Trinajstić information content (AvgIpc) is 3.02. The summed E-state index contributed by atoms with van der Waals surface area (Å²) in [6.07, 6.45) is 4.43. The van der Waals surface area contributed by atoms with E-state index in [1.807, 2.05) is 0 Å². The molecule has 1 aliphatic carbocycles. The van der Waals surface area contributed by atoms with Crippen molar-refractivity contribution >= 4 is 5.97 Å². The number of nitrogens with zero attached hydrogens (tertiary/aromatic N) is 1. The standard InChI is InChI=1S/C13H24N2O2/c1-12(2)7-4-8-15(12)9-13(14-3,11(16)17)10-5-6-10/h10,14H,4-9H2,1-3H3,(H,16,17). The molecule has 1 heterocycles. The molecule has 1 saturated carbocycles. The highest BCUT2D eigenvalue weighted by Gasteiger charge is 2.52. The van der Waals surface area contributed by atoms with Crippen LogP contribution in [-0.2, 0) is 4.79 Å². The molecule has 0 radical (unpaired) electrons. The normalized spacial score (nSPS) is 27.9. The fourth-order valence-corrected chi connectivity index (χ4v) is 3.10. The van der Waals surface area contributed by atoms with E-state index < -0.39 is 11.5 Å². The van der Waals surface area contributed by atoms with Crippen LogP contribution in [0.4, 0.5) is 0 Å². The van der Waals surface area contributed by atoms with E-state index in [-0.39, 0.29) is 5.54 Å². The summed E-state index contributed by atoms with van der Waals surface area (Å²) in [6.45, 7) is 6.09. The molecule has 1 atom stereocenters. The van der Waals surface area contributed by atoms with Crippen LogP contribution in [0.15, 0.2) is 0 Å². The van der Waals surface area contributed by atoms with Crippen LogP contribution in [0, 0.1) is 5.92 Å². The molecule has 2 rings (SSSR count). The summed E-state index contributed by atoms with van der Waals surface area (Å²) in [5.74, 6) is -0.383. The summed E-state index contributed by atoms with van der Waals surface area (Å²) in [5, 5.41) is 12.7. The minimum Gasteiger partial charge on any atom is -0.480 e. The van der Waals surface area contributed by atoms with E-state index in [2.05, 4.69) is 24.1 Å². The maximum absolute atomic E-state index is 11.6. The summed E-state index contributed by atoms with van der Waals surface area (Å²) in [4.78, 5) is 14.0. The Morgan fingerprint density at radius 1 is 1.53 bits per heavy atom. The van der Waals surface area contributed by atoms with Crippen molar-refractivity contribution in [1.82, 2.24) is 10.2 Å². The minimum absolute atomic E-state index is 0.145. The smallest absolute Gasteiger partial charge is 0.325 e. The summed E-state index contributed by atoms with van der Waals surface area (Å²) in [5.41, 5.74) is -0.589. The number of likely N-dealkylation sites (tertiary alicyclic amines) is 1. The molecular formula is C13H24N2O2. The lowest BCUT2D eigenvalue weighted by Crippen LogP contribution is -2.61. The second-order valence-electron chi connectivity index (χ2n) is 6.14. The Bertz CT molecular complexity index is 313. The Hall–Kier alpha value is -0.610. The fraction of sp³-hybridized carbons (Fsp3) is 0.923. The maximum Gasteiger partial charge on any atom is 0.325 e. The Morgan fingerprint density at radius 2 is 2.18 bits per heavy atom. The van der Waals surface area contributed by atoms with Crippen LogP contribution in [0.25, 0.3) is 0 Å². The molecule has 1 unspecified atom stereocenters. The molecule has 98 valence electrons. The van der Waals surface area contributed by atoms with E-state index in [1.54, 1.807) is 7.05 Å². The second-order valence-corrected chi connectivity index (χ2v) is 6.14. The highest BCUT2D eigenvalue weighted by molar-refractivity contribution is 5.80. The van der Waals surface area contributed by atoms with Crippen molar-refractivity contribution in [3.8, 4) is 0 Å². The van der Waals surface area contributed by atoms with Gasteiger partial charge in [0.1, 0.15) is 5.54 Å². The maximum atomic E-state index is 11.6. The highest BCUT2D eigenvalue weighted by Crippen LogP contribution is 2.42. The van der Waals surface area contributed by atoms with Crippen molar-refractivity contribution < 1.29 is 9.90 Å². The van der Waals surface area contributed by atoms with Gasteiger partial charge in [-0.3, -0.25) is 9.69 Å². The van der Waals surface area contributed by atoms with Gasteiger partial charge in [0.2, 0.25) is 0 Å². The largest absolute Gasteiger partial charge is 0.480 e. The van der Waals surface area contributed by atoms with E-state index in [0.717, 1.165) is 25.8 Å². The average molecular weight is 240 g/mol. The first-order valence-corrected chi connectivity index (χ1v) is 6.60. The first kappa shape index (κ1) is 12.8. The van der Waals surface area contributed by atoms with Gasteiger partial charge in [-0.15, -0.1) is 0 Å². The van der Waals surface area contributed by atoms with Crippen LogP contribution in [0.2, 0.25) is 0 Å². The molecule has 0 amide bonds. The fourth-order valence-electron chi connectivity index (χ4n) is 3.10. The Balaban J connectivity index is 2.15. The zero-order chi connectivity index (χ0) is 12.7. The quantitative estimate of drug-likeness (QED) is 0.761. The number of rotatable bonds is 5. The van der Waals surface area contributed by atoms with Crippen molar-refractivity contribution in [2.24, 2.45) is 5.92 Å². The Labute approximate surface area is 103 Å². The molecule has 0 spiro atoms. The van der Waals surface area contributed by atoms with Crippen molar-refractivity contribution in [1.29, 1.82) is 0 Å². The third-order valence-electron chi connectivity index (χ3n) is 4.61. The van der Waals surface area contributed by atoms with Gasteiger partial charge in [0, 0.05) is 12.1 Å². The molecule has 1 saturated heterocycles. The van der Waals surface area contributed by atoms with Crippen LogP contribution >= 0.6 is 0 Å². The molecule has 0 bridgehead atoms. The van der Waals surface area contributed by atoms with Gasteiger partial charge in [-0.1, -0.05) is 0 Å². The van der Waals surface area contributed by atoms with Gasteiger partial charge < -0.3 is 10.4 Å². The molecule has 2 N–H and O–H groups in total. The number of carbonyl (C=O) groups is 1. The van der Waals surface area contributed by atoms with Crippen molar-refractivity contribution in [2.75, 3.05) is 20.1 Å². The summed E-state index contributed by atoms with van der Waals surface area (Å²) < 4.78 is 0. The lowest BCUT2D eigenvalue weighted by Gasteiger charge is -2.39. The molecule has 0 aromatic heterocycles. The number of hydrogen-bond acceptors (Lipinski definition) is 3. The predicted octanol–water partition coefficient (Wildman–Crippen LogP) is 1.31. The Kier molecular flexibility index (Phi) is 3.21. The van der Waals surface area contributed by atoms with Gasteiger partial charge in [-0.25, -0.2) is 0 Å². The molecular weight excluding hydrogens is 216 g/mol. The number of likely N-dealkylation sites (N-methyl/N-ethyl adjacent to an activating group) is 1. The van der Waals surface area contributed by atoms with Crippen LogP contribution in [-0.4, -0.2) is 47.2 Å². The number of aliphatic carboxylic acids is 1. The third kappa shape index (κ3) is 2.20. The van der Waals surface area contributed by atoms with Crippen LogP contribution in [0.5, 0.6) is 0 Å². The zero-order valence-corrected chi connectivity index (χ0v) is 11.1. The summed E-state index contributed by atoms with van der Waals surface area (Å²) in [6, 6.07) is 0. The molecule has 4 nitrogen and oxygen atoms in total. The van der Waals surface area contributed by atoms with E-state index >= 15 is 0 Å². The Morgan fingerprint density at radius 3 is 2.53 bits per heavy atom. The van der Waals surface area contributed by atoms with Crippen LogP contribution in [0.3, 0.4) is 0 Å². The van der Waals surface area contributed by atoms with E-state index in [4.69, 9.17) is 0 Å². The van der Waals surface area contributed by atoms with E-state index in [1.165, 1.54) is 6.42 Å². The monoisotopic (exact) mass is 240 g/mol. The van der Waals surface area contributed by atoms with E-state index in [0.29, 0.717) is 12.5 Å². The van der Waals surface area contributed by atoms with Crippen LogP contribution < -0.4 is 5.32 Å². The van der Waals surface area contributed by atoms with Gasteiger partial charge in [0.05, 0.1) is 0 Å². The van der Waals surface area contributed by atoms with Crippen molar-refractivity contribution in [2.45, 2.75) is 50.6 Å². The number of carboxylic acid groups (broad SMARTS) is 1. The second kappa shape index (κ2) is 4.25. The lowest BCUT2D eigenvalue weighted by molar-refractivity contribution is -0.147. The van der Waals surface area contributed by atoms with Gasteiger partial charge in [-0.05, 0) is 59.0 Å². The van der Waals surface area contributed by atoms with Gasteiger partial charge in [-0.2, -0.15) is 0 Å². The molecule has 1 aliphatic heterocycles. The molecule has 17 heavy (non-hydrogen) atoms. The van der Waals surface area contributed by atoms with E-state index in [9.17, 15) is 9.90 Å². The topological polar surface area (TPSA) is 52.6 Å². The molecule has 0 aromatic carbocycles. The van der Waals surface area contributed by atoms with Crippen molar-refractivity contribution in [3.05, 3.63) is 0 Å². The molecule has 2 fully saturated rings. The predicted molar refractivity (Wildman–Crippen MR) is 67.0 cm³/mol. The zero-order valence-electron chi connectivity index (χ0n) is 11.1. The number of nitrogens with one attached hydrogen (secondary N) is 1. The minimum atomic E-state index is -0.735. The van der Waals surface area contributed by atoms with Gasteiger partial charge in [0.15, 0.2) is 0 Å².